The number of aliphatic hydroxyl groups is 1. The smallest absolute Gasteiger partial charge is 0.197 e. The van der Waals surface area contributed by atoms with Crippen molar-refractivity contribution in [2.24, 2.45) is 0 Å². The number of hydrogen-bond acceptors (Lipinski definition) is 4. The van der Waals surface area contributed by atoms with E-state index in [1.165, 1.54) is 13.3 Å². The predicted octanol–water partition coefficient (Wildman–Crippen LogP) is 0.690. The van der Waals surface area contributed by atoms with E-state index < -0.39 is 26.2 Å². The van der Waals surface area contributed by atoms with E-state index in [1.807, 2.05) is 0 Å². The standard InChI is InChI=1S/C7H15O4P/c1-12(2,9)11-5-7-6(8)3-4-10-7/h6-8H,3-5H2,1-2H3/t6?,7-/m1/s1/i4T/t4-,6?,7+/m0. The Morgan fingerprint density at radius 3 is 2.92 bits per heavy atom. The Balaban J connectivity index is 2.34. The number of hydrogen-bond donors (Lipinski definition) is 1. The first-order valence-corrected chi connectivity index (χ1v) is 6.36. The molecule has 0 aromatic rings. The fraction of sp³-hybridized carbons (Fsp3) is 1.00. The molecule has 12 heavy (non-hydrogen) atoms. The summed E-state index contributed by atoms with van der Waals surface area (Å²) < 4.78 is 28.4. The highest BCUT2D eigenvalue weighted by Gasteiger charge is 2.27. The van der Waals surface area contributed by atoms with Crippen molar-refractivity contribution in [2.45, 2.75) is 18.6 Å². The highest BCUT2D eigenvalue weighted by Crippen LogP contribution is 2.37. The second-order valence-corrected chi connectivity index (χ2v) is 5.95. The van der Waals surface area contributed by atoms with Crippen LogP contribution < -0.4 is 0 Å². The van der Waals surface area contributed by atoms with Crippen molar-refractivity contribution in [3.8, 4) is 0 Å². The van der Waals surface area contributed by atoms with Crippen LogP contribution in [0.25, 0.3) is 0 Å². The Morgan fingerprint density at radius 2 is 2.50 bits per heavy atom. The molecule has 0 spiro atoms. The van der Waals surface area contributed by atoms with Gasteiger partial charge in [-0.25, -0.2) is 0 Å². The number of rotatable bonds is 3. The van der Waals surface area contributed by atoms with E-state index in [2.05, 4.69) is 0 Å². The van der Waals surface area contributed by atoms with Crippen LogP contribution in [0.2, 0.25) is 0 Å². The van der Waals surface area contributed by atoms with Gasteiger partial charge in [0, 0.05) is 19.9 Å². The summed E-state index contributed by atoms with van der Waals surface area (Å²) in [6.07, 6.45) is -0.879. The molecular formula is C7H15O4P. The maximum Gasteiger partial charge on any atom is 0.197 e. The average Bonchev–Trinajstić information content (AvgIpc) is 2.24. The van der Waals surface area contributed by atoms with Crippen molar-refractivity contribution in [3.05, 3.63) is 0 Å². The molecule has 1 heterocycles. The molecule has 3 atom stereocenters. The summed E-state index contributed by atoms with van der Waals surface area (Å²) in [7, 11) is -2.52. The third-order valence-electron chi connectivity index (χ3n) is 1.59. The van der Waals surface area contributed by atoms with Gasteiger partial charge >= 0.3 is 0 Å². The lowest BCUT2D eigenvalue weighted by molar-refractivity contribution is 0.0121. The summed E-state index contributed by atoms with van der Waals surface area (Å²) in [5.74, 6) is 0. The second kappa shape index (κ2) is 3.88. The van der Waals surface area contributed by atoms with E-state index >= 15 is 0 Å². The third kappa shape index (κ3) is 3.23. The zero-order valence-corrected chi connectivity index (χ0v) is 8.16. The molecule has 1 saturated heterocycles. The van der Waals surface area contributed by atoms with E-state index in [0.717, 1.165) is 0 Å². The van der Waals surface area contributed by atoms with Gasteiger partial charge in [0.15, 0.2) is 7.37 Å². The normalized spacial score (nSPS) is 38.2. The summed E-state index contributed by atoms with van der Waals surface area (Å²) in [6.45, 7) is 2.43. The van der Waals surface area contributed by atoms with E-state index in [9.17, 15) is 9.67 Å². The third-order valence-corrected chi connectivity index (χ3v) is 2.36. The Kier molecular flexibility index (Phi) is 2.81. The first kappa shape index (κ1) is 8.70. The van der Waals surface area contributed by atoms with Crippen LogP contribution >= 0.6 is 7.37 Å². The molecule has 0 aromatic heterocycles. The van der Waals surface area contributed by atoms with Crippen molar-refractivity contribution in [3.63, 3.8) is 0 Å². The van der Waals surface area contributed by atoms with Gasteiger partial charge in [0.1, 0.15) is 6.10 Å². The maximum atomic E-state index is 11.2. The molecule has 5 heteroatoms. The molecular weight excluding hydrogens is 179 g/mol. The molecule has 1 rings (SSSR count). The van der Waals surface area contributed by atoms with Gasteiger partial charge in [0.05, 0.1) is 14.1 Å². The molecule has 0 radical (unpaired) electrons. The van der Waals surface area contributed by atoms with Gasteiger partial charge in [-0.1, -0.05) is 0 Å². The fourth-order valence-electron chi connectivity index (χ4n) is 0.924. The predicted molar refractivity (Wildman–Crippen MR) is 45.8 cm³/mol. The zero-order valence-electron chi connectivity index (χ0n) is 8.27. The van der Waals surface area contributed by atoms with Crippen molar-refractivity contribution >= 4 is 7.37 Å². The van der Waals surface area contributed by atoms with Crippen molar-refractivity contribution in [1.82, 2.24) is 0 Å². The van der Waals surface area contributed by atoms with Crippen LogP contribution in [-0.4, -0.2) is 43.8 Å². The number of ether oxygens (including phenoxy) is 1. The van der Waals surface area contributed by atoms with E-state index in [1.54, 1.807) is 0 Å². The Labute approximate surface area is 73.7 Å². The van der Waals surface area contributed by atoms with Gasteiger partial charge in [-0.05, 0) is 6.42 Å². The van der Waals surface area contributed by atoms with Gasteiger partial charge in [0.25, 0.3) is 0 Å². The Bertz CT molecular complexity index is 217. The van der Waals surface area contributed by atoms with Crippen LogP contribution in [0.3, 0.4) is 0 Å². The lowest BCUT2D eigenvalue weighted by Gasteiger charge is -2.15. The summed E-state index contributed by atoms with van der Waals surface area (Å²) >= 11 is 0. The molecule has 1 aliphatic rings. The van der Waals surface area contributed by atoms with Crippen LogP contribution in [0, 0.1) is 0 Å². The Morgan fingerprint density at radius 1 is 1.83 bits per heavy atom. The van der Waals surface area contributed by atoms with Crippen LogP contribution in [0.4, 0.5) is 0 Å². The molecule has 72 valence electrons. The highest BCUT2D eigenvalue weighted by atomic mass is 31.2. The topological polar surface area (TPSA) is 55.8 Å². The molecule has 0 amide bonds. The molecule has 4 nitrogen and oxygen atoms in total. The molecule has 1 unspecified atom stereocenters. The highest BCUT2D eigenvalue weighted by molar-refractivity contribution is 7.57. The average molecular weight is 196 g/mol. The largest absolute Gasteiger partial charge is 0.390 e. The van der Waals surface area contributed by atoms with Crippen LogP contribution in [0.1, 0.15) is 7.79 Å². The second-order valence-electron chi connectivity index (χ2n) is 3.19. The summed E-state index contributed by atoms with van der Waals surface area (Å²) in [6, 6.07) is 0. The summed E-state index contributed by atoms with van der Waals surface area (Å²) in [4.78, 5) is 0. The van der Waals surface area contributed by atoms with Crippen LogP contribution in [0.15, 0.2) is 0 Å². The SMILES string of the molecule is [3H][C@H]1CC(O)[C@@H](COP(C)(C)=O)O1. The molecule has 1 fully saturated rings. The lowest BCUT2D eigenvalue weighted by atomic mass is 10.2. The minimum absolute atomic E-state index is 0.0980. The van der Waals surface area contributed by atoms with E-state index in [0.29, 0.717) is 6.42 Å². The van der Waals surface area contributed by atoms with Crippen molar-refractivity contribution < 1.29 is 20.3 Å². The number of aliphatic hydroxyl groups excluding tert-OH is 1. The quantitative estimate of drug-likeness (QED) is 0.675. The van der Waals surface area contributed by atoms with Gasteiger partial charge in [0.2, 0.25) is 0 Å². The molecule has 0 aromatic carbocycles. The van der Waals surface area contributed by atoms with E-state index in [4.69, 9.17) is 10.6 Å². The summed E-state index contributed by atoms with van der Waals surface area (Å²) in [5, 5.41) is 9.34. The Hall–Kier alpha value is 0.110. The first-order chi connectivity index (χ1) is 5.88. The summed E-state index contributed by atoms with van der Waals surface area (Å²) in [5.41, 5.74) is 0. The van der Waals surface area contributed by atoms with Gasteiger partial charge in [-0.15, -0.1) is 0 Å². The van der Waals surface area contributed by atoms with Crippen LogP contribution in [-0.2, 0) is 13.8 Å². The first-order valence-electron chi connectivity index (χ1n) is 4.41. The molecule has 1 aliphatic heterocycles. The van der Waals surface area contributed by atoms with Crippen molar-refractivity contribution in [1.29, 1.82) is 0 Å². The molecule has 0 aliphatic carbocycles. The van der Waals surface area contributed by atoms with Crippen molar-refractivity contribution in [2.75, 3.05) is 26.5 Å². The minimum atomic E-state index is -2.52. The molecule has 0 bridgehead atoms. The minimum Gasteiger partial charge on any atom is -0.390 e. The zero-order chi connectivity index (χ0) is 10.1. The molecule has 1 N–H and O–H groups in total. The monoisotopic (exact) mass is 196 g/mol. The lowest BCUT2D eigenvalue weighted by Crippen LogP contribution is -2.25. The fourth-order valence-corrected chi connectivity index (χ4v) is 1.43. The molecule has 0 saturated carbocycles. The maximum absolute atomic E-state index is 11.2. The van der Waals surface area contributed by atoms with Crippen LogP contribution in [0.5, 0.6) is 0 Å². The van der Waals surface area contributed by atoms with E-state index in [-0.39, 0.29) is 6.61 Å². The van der Waals surface area contributed by atoms with Gasteiger partial charge in [-0.2, -0.15) is 0 Å². The van der Waals surface area contributed by atoms with Gasteiger partial charge in [-0.3, -0.25) is 4.57 Å². The van der Waals surface area contributed by atoms with Gasteiger partial charge < -0.3 is 14.4 Å².